The summed E-state index contributed by atoms with van der Waals surface area (Å²) in [4.78, 5) is 22.0. The second-order valence-corrected chi connectivity index (χ2v) is 4.18. The van der Waals surface area contributed by atoms with Gasteiger partial charge < -0.3 is 10.1 Å². The van der Waals surface area contributed by atoms with Crippen LogP contribution >= 0.6 is 11.3 Å². The maximum atomic E-state index is 11.4. The van der Waals surface area contributed by atoms with E-state index in [2.05, 4.69) is 15.0 Å². The Morgan fingerprint density at radius 1 is 1.40 bits per heavy atom. The molecule has 0 spiro atoms. The van der Waals surface area contributed by atoms with Gasteiger partial charge in [-0.2, -0.15) is 4.98 Å². The fourth-order valence-corrected chi connectivity index (χ4v) is 1.71. The summed E-state index contributed by atoms with van der Waals surface area (Å²) in [5.41, 5.74) is 0.443. The van der Waals surface area contributed by atoms with Gasteiger partial charge in [-0.25, -0.2) is 4.98 Å². The third kappa shape index (κ3) is 1.75. The molecular formula is C9H9N3O2S. The Hall–Kier alpha value is -1.69. The lowest BCUT2D eigenvalue weighted by atomic mass is 10.3. The summed E-state index contributed by atoms with van der Waals surface area (Å²) in [6.45, 7) is 3.37. The van der Waals surface area contributed by atoms with Gasteiger partial charge in [-0.05, 0) is 13.8 Å². The van der Waals surface area contributed by atoms with E-state index in [0.717, 1.165) is 5.01 Å². The minimum Gasteiger partial charge on any atom is -0.493 e. The molecule has 0 aliphatic heterocycles. The molecule has 0 fully saturated rings. The summed E-state index contributed by atoms with van der Waals surface area (Å²) < 4.78 is 0. The first-order valence-electron chi connectivity index (χ1n) is 4.30. The fourth-order valence-electron chi connectivity index (χ4n) is 1.11. The van der Waals surface area contributed by atoms with Crippen molar-refractivity contribution in [2.75, 3.05) is 0 Å². The number of thiazole rings is 1. The van der Waals surface area contributed by atoms with Crippen LogP contribution in [-0.4, -0.2) is 20.1 Å². The molecule has 0 bridgehead atoms. The molecule has 0 radical (unpaired) electrons. The number of rotatable bonds is 1. The number of aromatic nitrogens is 3. The van der Waals surface area contributed by atoms with Crippen molar-refractivity contribution in [2.45, 2.75) is 13.8 Å². The zero-order chi connectivity index (χ0) is 11.0. The van der Waals surface area contributed by atoms with Crippen molar-refractivity contribution in [1.82, 2.24) is 15.0 Å². The van der Waals surface area contributed by atoms with Crippen LogP contribution in [0.5, 0.6) is 5.88 Å². The van der Waals surface area contributed by atoms with Crippen molar-refractivity contribution >= 4 is 11.3 Å². The topological polar surface area (TPSA) is 78.9 Å². The van der Waals surface area contributed by atoms with Crippen molar-refractivity contribution in [2.24, 2.45) is 0 Å². The van der Waals surface area contributed by atoms with E-state index < -0.39 is 0 Å². The molecule has 0 saturated heterocycles. The summed E-state index contributed by atoms with van der Waals surface area (Å²) in [6.07, 6.45) is 0. The van der Waals surface area contributed by atoms with E-state index in [1.807, 2.05) is 6.92 Å². The Balaban J connectivity index is 2.60. The molecule has 2 N–H and O–H groups in total. The third-order valence-electron chi connectivity index (χ3n) is 1.99. The first-order valence-corrected chi connectivity index (χ1v) is 5.18. The number of aryl methyl sites for hydroxylation is 1. The highest BCUT2D eigenvalue weighted by Gasteiger charge is 2.09. The predicted molar refractivity (Wildman–Crippen MR) is 57.1 cm³/mol. The molecule has 0 aliphatic rings. The van der Waals surface area contributed by atoms with Crippen molar-refractivity contribution in [3.05, 3.63) is 26.3 Å². The van der Waals surface area contributed by atoms with Crippen molar-refractivity contribution in [3.63, 3.8) is 0 Å². The molecule has 78 valence electrons. The molecule has 15 heavy (non-hydrogen) atoms. The number of aromatic amines is 1. The molecule has 0 saturated carbocycles. The van der Waals surface area contributed by atoms with Crippen molar-refractivity contribution < 1.29 is 5.11 Å². The lowest BCUT2D eigenvalue weighted by Crippen LogP contribution is -2.12. The normalized spacial score (nSPS) is 10.5. The van der Waals surface area contributed by atoms with Crippen molar-refractivity contribution in [1.29, 1.82) is 0 Å². The highest BCUT2D eigenvalue weighted by molar-refractivity contribution is 7.09. The molecule has 0 aliphatic carbocycles. The summed E-state index contributed by atoms with van der Waals surface area (Å²) in [7, 11) is 0. The van der Waals surface area contributed by atoms with Gasteiger partial charge in [0.05, 0.1) is 10.6 Å². The van der Waals surface area contributed by atoms with Crippen LogP contribution in [0.1, 0.15) is 10.6 Å². The van der Waals surface area contributed by atoms with E-state index in [9.17, 15) is 9.90 Å². The van der Waals surface area contributed by atoms with Crippen LogP contribution in [0.25, 0.3) is 11.5 Å². The molecule has 2 aromatic heterocycles. The number of nitrogens with one attached hydrogen (secondary N) is 1. The molecular weight excluding hydrogens is 214 g/mol. The van der Waals surface area contributed by atoms with E-state index in [1.54, 1.807) is 5.38 Å². The predicted octanol–water partition coefficient (Wildman–Crippen LogP) is 1.22. The van der Waals surface area contributed by atoms with Gasteiger partial charge in [0.15, 0.2) is 5.82 Å². The number of hydrogen-bond acceptors (Lipinski definition) is 5. The fraction of sp³-hybridized carbons (Fsp3) is 0.222. The number of H-pyrrole nitrogens is 1. The summed E-state index contributed by atoms with van der Waals surface area (Å²) in [5, 5.41) is 12.1. The zero-order valence-corrected chi connectivity index (χ0v) is 9.05. The average molecular weight is 223 g/mol. The summed E-state index contributed by atoms with van der Waals surface area (Å²) in [6, 6.07) is 0. The minimum atomic E-state index is -0.344. The molecule has 2 heterocycles. The lowest BCUT2D eigenvalue weighted by Gasteiger charge is -1.99. The highest BCUT2D eigenvalue weighted by atomic mass is 32.1. The second-order valence-electron chi connectivity index (χ2n) is 3.11. The second kappa shape index (κ2) is 3.47. The van der Waals surface area contributed by atoms with Gasteiger partial charge in [-0.1, -0.05) is 0 Å². The van der Waals surface area contributed by atoms with Crippen LogP contribution < -0.4 is 5.56 Å². The maximum absolute atomic E-state index is 11.4. The van der Waals surface area contributed by atoms with E-state index in [-0.39, 0.29) is 17.0 Å². The molecule has 2 aromatic rings. The highest BCUT2D eigenvalue weighted by Crippen LogP contribution is 2.19. The smallest absolute Gasteiger partial charge is 0.257 e. The first-order chi connectivity index (χ1) is 7.08. The Bertz CT molecular complexity index is 559. The minimum absolute atomic E-state index is 0.214. The number of aromatic hydroxyl groups is 1. The average Bonchev–Trinajstić information content (AvgIpc) is 2.60. The SMILES string of the molecule is Cc1nc(-c2nc(O)c(C)c(=O)[nH]2)cs1. The van der Waals surface area contributed by atoms with Crippen LogP contribution in [0.15, 0.2) is 10.2 Å². The zero-order valence-electron chi connectivity index (χ0n) is 8.24. The summed E-state index contributed by atoms with van der Waals surface area (Å²) >= 11 is 1.46. The molecule has 0 amide bonds. The van der Waals surface area contributed by atoms with Gasteiger partial charge in [-0.15, -0.1) is 11.3 Å². The van der Waals surface area contributed by atoms with E-state index in [1.165, 1.54) is 18.3 Å². The molecule has 2 rings (SSSR count). The maximum Gasteiger partial charge on any atom is 0.257 e. The standard InChI is InChI=1S/C9H9N3O2S/c1-4-8(13)11-7(12-9(4)14)6-3-15-5(2)10-6/h3H,1-2H3,(H2,11,12,13,14). The van der Waals surface area contributed by atoms with E-state index in [0.29, 0.717) is 11.5 Å². The van der Waals surface area contributed by atoms with Gasteiger partial charge in [-0.3, -0.25) is 4.79 Å². The first kappa shape index (κ1) is 9.85. The monoisotopic (exact) mass is 223 g/mol. The van der Waals surface area contributed by atoms with Gasteiger partial charge in [0.25, 0.3) is 5.56 Å². The van der Waals surface area contributed by atoms with Gasteiger partial charge >= 0.3 is 0 Å². The largest absolute Gasteiger partial charge is 0.493 e. The van der Waals surface area contributed by atoms with Gasteiger partial charge in [0, 0.05) is 5.38 Å². The summed E-state index contributed by atoms with van der Waals surface area (Å²) in [5.74, 6) is 0.0480. The number of nitrogens with zero attached hydrogens (tertiary/aromatic N) is 2. The molecule has 5 nitrogen and oxygen atoms in total. The molecule has 0 atom stereocenters. The Kier molecular flexibility index (Phi) is 2.28. The van der Waals surface area contributed by atoms with Crippen LogP contribution in [0.4, 0.5) is 0 Å². The Morgan fingerprint density at radius 3 is 2.67 bits per heavy atom. The quantitative estimate of drug-likeness (QED) is 0.761. The third-order valence-corrected chi connectivity index (χ3v) is 2.76. The molecule has 0 unspecified atom stereocenters. The molecule has 0 aromatic carbocycles. The van der Waals surface area contributed by atoms with Gasteiger partial charge in [0.2, 0.25) is 5.88 Å². The lowest BCUT2D eigenvalue weighted by molar-refractivity contribution is 0.447. The Morgan fingerprint density at radius 2 is 2.13 bits per heavy atom. The van der Waals surface area contributed by atoms with Crippen LogP contribution in [-0.2, 0) is 0 Å². The van der Waals surface area contributed by atoms with Crippen molar-refractivity contribution in [3.8, 4) is 17.4 Å². The van der Waals surface area contributed by atoms with Crippen LogP contribution in [0.2, 0.25) is 0 Å². The molecule has 6 heteroatoms. The van der Waals surface area contributed by atoms with E-state index >= 15 is 0 Å². The number of hydrogen-bond donors (Lipinski definition) is 2. The van der Waals surface area contributed by atoms with Crippen LogP contribution in [0, 0.1) is 13.8 Å². The Labute approximate surface area is 89.5 Å². The van der Waals surface area contributed by atoms with E-state index in [4.69, 9.17) is 0 Å². The van der Waals surface area contributed by atoms with Gasteiger partial charge in [0.1, 0.15) is 5.69 Å². The van der Waals surface area contributed by atoms with Crippen LogP contribution in [0.3, 0.4) is 0 Å².